The quantitative estimate of drug-likeness (QED) is 0.335. The molecule has 3 aromatic carbocycles. The van der Waals surface area contributed by atoms with Gasteiger partial charge in [-0.2, -0.15) is 5.10 Å². The van der Waals surface area contributed by atoms with Gasteiger partial charge in [0.05, 0.1) is 31.0 Å². The van der Waals surface area contributed by atoms with Gasteiger partial charge in [-0.1, -0.05) is 35.9 Å². The first-order valence-electron chi connectivity index (χ1n) is 9.22. The fourth-order valence-corrected chi connectivity index (χ4v) is 3.23. The molecular formula is C23H19ClN4O2. The zero-order valence-corrected chi connectivity index (χ0v) is 17.2. The van der Waals surface area contributed by atoms with Crippen molar-refractivity contribution >= 4 is 34.5 Å². The number of hydrogen-bond donors (Lipinski definition) is 1. The number of methoxy groups -OCH3 is 2. The van der Waals surface area contributed by atoms with Crippen LogP contribution in [0.4, 0.5) is 5.82 Å². The Labute approximate surface area is 179 Å². The molecule has 4 rings (SSSR count). The molecule has 0 radical (unpaired) electrons. The van der Waals surface area contributed by atoms with Crippen LogP contribution in [0.15, 0.2) is 71.8 Å². The Morgan fingerprint density at radius 3 is 2.53 bits per heavy atom. The molecule has 7 heteroatoms. The van der Waals surface area contributed by atoms with Gasteiger partial charge in [-0.25, -0.2) is 9.97 Å². The number of halogens is 1. The molecular weight excluding hydrogens is 400 g/mol. The summed E-state index contributed by atoms with van der Waals surface area (Å²) in [4.78, 5) is 9.32. The first-order chi connectivity index (χ1) is 14.7. The van der Waals surface area contributed by atoms with Gasteiger partial charge < -0.3 is 9.47 Å². The SMILES string of the molecule is COc1ccc(/C=N/Nc2nc(-c3ccccc3Cl)nc3ccccc23)c(OC)c1. The number of rotatable bonds is 6. The second-order valence-electron chi connectivity index (χ2n) is 6.37. The lowest BCUT2D eigenvalue weighted by atomic mass is 10.2. The molecule has 0 aliphatic carbocycles. The van der Waals surface area contributed by atoms with Crippen LogP contribution in [0.25, 0.3) is 22.3 Å². The van der Waals surface area contributed by atoms with E-state index in [9.17, 15) is 0 Å². The molecule has 0 spiro atoms. The maximum Gasteiger partial charge on any atom is 0.163 e. The predicted octanol–water partition coefficient (Wildman–Crippen LogP) is 5.41. The van der Waals surface area contributed by atoms with Crippen molar-refractivity contribution < 1.29 is 9.47 Å². The lowest BCUT2D eigenvalue weighted by molar-refractivity contribution is 0.394. The molecule has 0 atom stereocenters. The molecule has 1 N–H and O–H groups in total. The number of hydrogen-bond acceptors (Lipinski definition) is 6. The summed E-state index contributed by atoms with van der Waals surface area (Å²) >= 11 is 6.35. The number of nitrogens with zero attached hydrogens (tertiary/aromatic N) is 3. The monoisotopic (exact) mass is 418 g/mol. The van der Waals surface area contributed by atoms with E-state index in [2.05, 4.69) is 20.5 Å². The van der Waals surface area contributed by atoms with Crippen molar-refractivity contribution in [2.24, 2.45) is 5.10 Å². The van der Waals surface area contributed by atoms with E-state index in [0.717, 1.165) is 22.0 Å². The summed E-state index contributed by atoms with van der Waals surface area (Å²) in [5.74, 6) is 2.48. The average molecular weight is 419 g/mol. The number of benzene rings is 3. The van der Waals surface area contributed by atoms with Crippen LogP contribution < -0.4 is 14.9 Å². The van der Waals surface area contributed by atoms with Gasteiger partial charge in [0.2, 0.25) is 0 Å². The first-order valence-corrected chi connectivity index (χ1v) is 9.60. The van der Waals surface area contributed by atoms with E-state index in [0.29, 0.717) is 28.2 Å². The van der Waals surface area contributed by atoms with Gasteiger partial charge >= 0.3 is 0 Å². The molecule has 0 bridgehead atoms. The highest BCUT2D eigenvalue weighted by Crippen LogP contribution is 2.29. The summed E-state index contributed by atoms with van der Waals surface area (Å²) in [7, 11) is 3.22. The Hall–Kier alpha value is -3.64. The minimum atomic E-state index is 0.527. The van der Waals surface area contributed by atoms with E-state index in [1.54, 1.807) is 26.5 Å². The van der Waals surface area contributed by atoms with Gasteiger partial charge in [-0.15, -0.1) is 0 Å². The smallest absolute Gasteiger partial charge is 0.163 e. The normalized spacial score (nSPS) is 11.0. The number of nitrogens with one attached hydrogen (secondary N) is 1. The van der Waals surface area contributed by atoms with Gasteiger partial charge in [0.15, 0.2) is 11.6 Å². The average Bonchev–Trinajstić information content (AvgIpc) is 2.79. The van der Waals surface area contributed by atoms with E-state index >= 15 is 0 Å². The van der Waals surface area contributed by atoms with Crippen molar-refractivity contribution in [1.82, 2.24) is 9.97 Å². The van der Waals surface area contributed by atoms with Gasteiger partial charge in [0.1, 0.15) is 11.5 Å². The fourth-order valence-electron chi connectivity index (χ4n) is 3.01. The fraction of sp³-hybridized carbons (Fsp3) is 0.0870. The maximum absolute atomic E-state index is 6.35. The topological polar surface area (TPSA) is 68.6 Å². The van der Waals surface area contributed by atoms with Crippen molar-refractivity contribution in [2.75, 3.05) is 19.6 Å². The molecule has 150 valence electrons. The van der Waals surface area contributed by atoms with Crippen LogP contribution in [-0.4, -0.2) is 30.4 Å². The lowest BCUT2D eigenvalue weighted by Gasteiger charge is -2.10. The minimum absolute atomic E-state index is 0.527. The van der Waals surface area contributed by atoms with E-state index in [1.165, 1.54) is 0 Å². The standard InChI is InChI=1S/C23H19ClN4O2/c1-29-16-12-11-15(21(13-16)30-2)14-25-28-23-18-8-4-6-10-20(18)26-22(27-23)17-7-3-5-9-19(17)24/h3-14H,1-2H3,(H,26,27,28)/b25-14+. The molecule has 30 heavy (non-hydrogen) atoms. The predicted molar refractivity (Wildman–Crippen MR) is 121 cm³/mol. The van der Waals surface area contributed by atoms with Crippen molar-refractivity contribution in [1.29, 1.82) is 0 Å². The second-order valence-corrected chi connectivity index (χ2v) is 6.78. The summed E-state index contributed by atoms with van der Waals surface area (Å²) in [6, 6.07) is 20.7. The third-order valence-electron chi connectivity index (χ3n) is 4.53. The zero-order valence-electron chi connectivity index (χ0n) is 16.5. The molecule has 0 saturated heterocycles. The van der Waals surface area contributed by atoms with Gasteiger partial charge in [0.25, 0.3) is 0 Å². The van der Waals surface area contributed by atoms with Crippen LogP contribution in [0.3, 0.4) is 0 Å². The molecule has 0 fully saturated rings. The zero-order chi connectivity index (χ0) is 20.9. The molecule has 1 heterocycles. The Kier molecular flexibility index (Phi) is 5.77. The summed E-state index contributed by atoms with van der Waals surface area (Å²) in [6.07, 6.45) is 1.67. The Bertz CT molecular complexity index is 1230. The number of para-hydroxylation sites is 1. The van der Waals surface area contributed by atoms with Gasteiger partial charge in [-0.3, -0.25) is 5.43 Å². The molecule has 4 aromatic rings. The summed E-state index contributed by atoms with van der Waals surface area (Å²) in [5, 5.41) is 5.81. The first kappa shape index (κ1) is 19.7. The molecule has 0 unspecified atom stereocenters. The molecule has 0 aliphatic heterocycles. The van der Waals surface area contributed by atoms with Crippen LogP contribution in [0.1, 0.15) is 5.56 Å². The summed E-state index contributed by atoms with van der Waals surface area (Å²) < 4.78 is 10.6. The Balaban J connectivity index is 1.70. The molecule has 1 aromatic heterocycles. The number of aromatic nitrogens is 2. The highest BCUT2D eigenvalue weighted by atomic mass is 35.5. The summed E-state index contributed by atoms with van der Waals surface area (Å²) in [6.45, 7) is 0. The van der Waals surface area contributed by atoms with Crippen molar-refractivity contribution in [3.8, 4) is 22.9 Å². The molecule has 0 aliphatic rings. The summed E-state index contributed by atoms with van der Waals surface area (Å²) in [5.41, 5.74) is 5.39. The Morgan fingerprint density at radius 1 is 0.933 bits per heavy atom. The van der Waals surface area contributed by atoms with E-state index in [4.69, 9.17) is 21.1 Å². The van der Waals surface area contributed by atoms with Crippen LogP contribution >= 0.6 is 11.6 Å². The highest BCUT2D eigenvalue weighted by molar-refractivity contribution is 6.33. The third-order valence-corrected chi connectivity index (χ3v) is 4.86. The third kappa shape index (κ3) is 4.04. The van der Waals surface area contributed by atoms with Crippen LogP contribution in [0, 0.1) is 0 Å². The molecule has 0 saturated carbocycles. The van der Waals surface area contributed by atoms with Crippen LogP contribution in [-0.2, 0) is 0 Å². The Morgan fingerprint density at radius 2 is 1.73 bits per heavy atom. The van der Waals surface area contributed by atoms with Crippen LogP contribution in [0.5, 0.6) is 11.5 Å². The minimum Gasteiger partial charge on any atom is -0.497 e. The van der Waals surface area contributed by atoms with Gasteiger partial charge in [-0.05, 0) is 36.4 Å². The molecule has 6 nitrogen and oxygen atoms in total. The number of fused-ring (bicyclic) bond motifs is 1. The largest absolute Gasteiger partial charge is 0.497 e. The van der Waals surface area contributed by atoms with E-state index in [1.807, 2.05) is 60.7 Å². The lowest BCUT2D eigenvalue weighted by Crippen LogP contribution is -2.00. The molecule has 0 amide bonds. The van der Waals surface area contributed by atoms with Crippen molar-refractivity contribution in [3.63, 3.8) is 0 Å². The van der Waals surface area contributed by atoms with Gasteiger partial charge in [0, 0.05) is 22.6 Å². The number of hydrazone groups is 1. The number of anilines is 1. The second kappa shape index (κ2) is 8.80. The highest BCUT2D eigenvalue weighted by Gasteiger charge is 2.11. The van der Waals surface area contributed by atoms with E-state index < -0.39 is 0 Å². The van der Waals surface area contributed by atoms with Crippen LogP contribution in [0.2, 0.25) is 5.02 Å². The number of ether oxygens (including phenoxy) is 2. The van der Waals surface area contributed by atoms with Crippen molar-refractivity contribution in [2.45, 2.75) is 0 Å². The van der Waals surface area contributed by atoms with Crippen molar-refractivity contribution in [3.05, 3.63) is 77.3 Å². The maximum atomic E-state index is 6.35. The van der Waals surface area contributed by atoms with E-state index in [-0.39, 0.29) is 0 Å².